The van der Waals surface area contributed by atoms with Crippen molar-refractivity contribution in [3.63, 3.8) is 0 Å². The summed E-state index contributed by atoms with van der Waals surface area (Å²) in [6.45, 7) is 3.98. The lowest BCUT2D eigenvalue weighted by Crippen LogP contribution is -2.04. The van der Waals surface area contributed by atoms with E-state index in [1.165, 1.54) is 0 Å². The zero-order chi connectivity index (χ0) is 11.5. The molecule has 2 saturated carbocycles. The van der Waals surface area contributed by atoms with Gasteiger partial charge in [0.2, 0.25) is 0 Å². The molecule has 2 aliphatic carbocycles. The average Bonchev–Trinajstić information content (AvgIpc) is 3.06. The molecule has 0 spiro atoms. The van der Waals surface area contributed by atoms with Crippen LogP contribution in [0.1, 0.15) is 44.5 Å². The lowest BCUT2D eigenvalue weighted by atomic mass is 10.1. The average molecular weight is 221 g/mol. The van der Waals surface area contributed by atoms with E-state index in [-0.39, 0.29) is 17.3 Å². The van der Waals surface area contributed by atoms with Crippen LogP contribution in [0.25, 0.3) is 0 Å². The lowest BCUT2D eigenvalue weighted by molar-refractivity contribution is -0.139. The normalized spacial score (nSPS) is 31.4. The minimum Gasteiger partial charge on any atom is -0.481 e. The second kappa shape index (κ2) is 2.84. The number of aromatic nitrogens is 3. The molecule has 2 unspecified atom stereocenters. The van der Waals surface area contributed by atoms with Gasteiger partial charge in [0.1, 0.15) is 12.2 Å². The molecule has 2 atom stereocenters. The van der Waals surface area contributed by atoms with E-state index in [1.54, 1.807) is 6.33 Å². The molecule has 2 aliphatic rings. The molecule has 0 amide bonds. The highest BCUT2D eigenvalue weighted by Crippen LogP contribution is 2.64. The maximum absolute atomic E-state index is 11.1. The van der Waals surface area contributed by atoms with Crippen LogP contribution in [0.5, 0.6) is 0 Å². The van der Waals surface area contributed by atoms with Crippen LogP contribution in [0.15, 0.2) is 6.33 Å². The summed E-state index contributed by atoms with van der Waals surface area (Å²) in [5.41, 5.74) is -0.189. The fourth-order valence-corrected chi connectivity index (χ4v) is 2.69. The van der Waals surface area contributed by atoms with Crippen LogP contribution in [0, 0.1) is 11.3 Å². The number of carboxylic acids is 1. The second-order valence-electron chi connectivity index (χ2n) is 5.44. The molecule has 1 aromatic heterocycles. The first-order valence-electron chi connectivity index (χ1n) is 5.65. The number of carbonyl (C=O) groups is 1. The monoisotopic (exact) mass is 221 g/mol. The molecule has 0 aromatic carbocycles. The van der Waals surface area contributed by atoms with Crippen molar-refractivity contribution in [1.82, 2.24) is 14.8 Å². The zero-order valence-electron chi connectivity index (χ0n) is 9.42. The summed E-state index contributed by atoms with van der Waals surface area (Å²) in [6, 6.07) is 0.510. The van der Waals surface area contributed by atoms with E-state index in [2.05, 4.69) is 14.8 Å². The molecule has 0 saturated heterocycles. The van der Waals surface area contributed by atoms with Crippen LogP contribution in [-0.4, -0.2) is 25.8 Å². The third kappa shape index (κ3) is 1.20. The summed E-state index contributed by atoms with van der Waals surface area (Å²) in [5.74, 6) is -0.150. The zero-order valence-corrected chi connectivity index (χ0v) is 9.42. The van der Waals surface area contributed by atoms with Crippen molar-refractivity contribution in [2.75, 3.05) is 0 Å². The van der Waals surface area contributed by atoms with Gasteiger partial charge in [-0.2, -0.15) is 0 Å². The summed E-state index contributed by atoms with van der Waals surface area (Å²) in [6.07, 6.45) is 4.06. The summed E-state index contributed by atoms with van der Waals surface area (Å²) >= 11 is 0. The highest BCUT2D eigenvalue weighted by molar-refractivity contribution is 5.77. The molecule has 3 rings (SSSR count). The molecule has 1 N–H and O–H groups in total. The minimum atomic E-state index is -0.722. The van der Waals surface area contributed by atoms with Crippen molar-refractivity contribution in [3.8, 4) is 0 Å². The molecule has 5 nitrogen and oxygen atoms in total. The number of hydrogen-bond acceptors (Lipinski definition) is 3. The predicted octanol–water partition coefficient (Wildman–Crippen LogP) is 1.44. The van der Waals surface area contributed by atoms with Gasteiger partial charge in [-0.3, -0.25) is 4.79 Å². The van der Waals surface area contributed by atoms with Gasteiger partial charge < -0.3 is 9.67 Å². The number of aliphatic carboxylic acids is 1. The Hall–Kier alpha value is -1.39. The second-order valence-corrected chi connectivity index (χ2v) is 5.44. The van der Waals surface area contributed by atoms with Gasteiger partial charge in [-0.15, -0.1) is 10.2 Å². The van der Waals surface area contributed by atoms with Gasteiger partial charge in [0.05, 0.1) is 5.92 Å². The molecule has 86 valence electrons. The summed E-state index contributed by atoms with van der Waals surface area (Å²) < 4.78 is 2.06. The van der Waals surface area contributed by atoms with Crippen LogP contribution < -0.4 is 0 Å². The van der Waals surface area contributed by atoms with Gasteiger partial charge in [-0.25, -0.2) is 0 Å². The van der Waals surface area contributed by atoms with E-state index >= 15 is 0 Å². The van der Waals surface area contributed by atoms with E-state index in [9.17, 15) is 4.79 Å². The van der Waals surface area contributed by atoms with Crippen molar-refractivity contribution >= 4 is 5.97 Å². The van der Waals surface area contributed by atoms with Crippen molar-refractivity contribution in [2.45, 2.75) is 38.6 Å². The number of carboxylic acid groups (broad SMARTS) is 1. The van der Waals surface area contributed by atoms with Crippen LogP contribution in [0.4, 0.5) is 0 Å². The van der Waals surface area contributed by atoms with E-state index in [0.717, 1.165) is 18.7 Å². The SMILES string of the molecule is CC1(C)C(C(=O)O)C1c1nncn1C1CC1. The quantitative estimate of drug-likeness (QED) is 0.838. The van der Waals surface area contributed by atoms with Crippen molar-refractivity contribution < 1.29 is 9.90 Å². The van der Waals surface area contributed by atoms with E-state index in [4.69, 9.17) is 5.11 Å². The maximum Gasteiger partial charge on any atom is 0.307 e. The first-order valence-corrected chi connectivity index (χ1v) is 5.65. The molecule has 0 bridgehead atoms. The first-order chi connectivity index (χ1) is 7.53. The third-order valence-corrected chi connectivity index (χ3v) is 3.91. The van der Waals surface area contributed by atoms with Crippen molar-refractivity contribution in [1.29, 1.82) is 0 Å². The Balaban J connectivity index is 1.93. The highest BCUT2D eigenvalue weighted by atomic mass is 16.4. The number of nitrogens with zero attached hydrogens (tertiary/aromatic N) is 3. The molecule has 16 heavy (non-hydrogen) atoms. The molecule has 5 heteroatoms. The molecular weight excluding hydrogens is 206 g/mol. The van der Waals surface area contributed by atoms with Crippen LogP contribution in [0.3, 0.4) is 0 Å². The molecular formula is C11H15N3O2. The molecule has 0 aliphatic heterocycles. The summed E-state index contributed by atoms with van der Waals surface area (Å²) in [7, 11) is 0. The molecule has 1 aromatic rings. The van der Waals surface area contributed by atoms with E-state index < -0.39 is 5.97 Å². The Morgan fingerprint density at radius 2 is 2.25 bits per heavy atom. The molecule has 0 radical (unpaired) electrons. The van der Waals surface area contributed by atoms with Gasteiger partial charge in [-0.1, -0.05) is 13.8 Å². The Morgan fingerprint density at radius 3 is 2.75 bits per heavy atom. The molecule has 2 fully saturated rings. The topological polar surface area (TPSA) is 68.0 Å². The largest absolute Gasteiger partial charge is 0.481 e. The molecule has 1 heterocycles. The maximum atomic E-state index is 11.1. The Kier molecular flexibility index (Phi) is 1.74. The Morgan fingerprint density at radius 1 is 1.56 bits per heavy atom. The van der Waals surface area contributed by atoms with E-state index in [0.29, 0.717) is 6.04 Å². The van der Waals surface area contributed by atoms with Gasteiger partial charge in [0.25, 0.3) is 0 Å². The summed E-state index contributed by atoms with van der Waals surface area (Å²) in [5, 5.41) is 17.2. The van der Waals surface area contributed by atoms with Gasteiger partial charge in [0.15, 0.2) is 0 Å². The third-order valence-electron chi connectivity index (χ3n) is 3.91. The van der Waals surface area contributed by atoms with Gasteiger partial charge >= 0.3 is 5.97 Å². The van der Waals surface area contributed by atoms with Gasteiger partial charge in [0, 0.05) is 12.0 Å². The lowest BCUT2D eigenvalue weighted by Gasteiger charge is -2.04. The smallest absolute Gasteiger partial charge is 0.307 e. The Labute approximate surface area is 93.5 Å². The van der Waals surface area contributed by atoms with Crippen LogP contribution in [-0.2, 0) is 4.79 Å². The fraction of sp³-hybridized carbons (Fsp3) is 0.727. The van der Waals surface area contributed by atoms with E-state index in [1.807, 2.05) is 13.8 Å². The first kappa shape index (κ1) is 9.81. The van der Waals surface area contributed by atoms with Crippen molar-refractivity contribution in [3.05, 3.63) is 12.2 Å². The minimum absolute atomic E-state index is 0.0214. The van der Waals surface area contributed by atoms with Crippen LogP contribution >= 0.6 is 0 Å². The van der Waals surface area contributed by atoms with Gasteiger partial charge in [-0.05, 0) is 18.3 Å². The van der Waals surface area contributed by atoms with Crippen molar-refractivity contribution in [2.24, 2.45) is 11.3 Å². The fourth-order valence-electron chi connectivity index (χ4n) is 2.69. The number of hydrogen-bond donors (Lipinski definition) is 1. The Bertz CT molecular complexity index is 448. The highest BCUT2D eigenvalue weighted by Gasteiger charge is 2.65. The summed E-state index contributed by atoms with van der Waals surface area (Å²) in [4.78, 5) is 11.1. The standard InChI is InChI=1S/C11H15N3O2/c1-11(2)7(8(11)10(15)16)9-13-12-5-14(9)6-3-4-6/h5-8H,3-4H2,1-2H3,(H,15,16). The predicted molar refractivity (Wildman–Crippen MR) is 55.9 cm³/mol. The number of rotatable bonds is 3. The van der Waals surface area contributed by atoms with Crippen LogP contribution in [0.2, 0.25) is 0 Å².